The summed E-state index contributed by atoms with van der Waals surface area (Å²) in [5.74, 6) is 5.96. The number of oxime groups is 1. The van der Waals surface area contributed by atoms with E-state index in [1.807, 2.05) is 31.2 Å². The van der Waals surface area contributed by atoms with Gasteiger partial charge in [-0.1, -0.05) is 41.8 Å². The second-order valence-corrected chi connectivity index (χ2v) is 3.03. The van der Waals surface area contributed by atoms with Crippen molar-refractivity contribution in [3.05, 3.63) is 47.5 Å². The van der Waals surface area contributed by atoms with Crippen LogP contribution in [0.4, 0.5) is 0 Å². The molecule has 0 aromatic heterocycles. The summed E-state index contributed by atoms with van der Waals surface area (Å²) in [7, 11) is 1.51. The van der Waals surface area contributed by atoms with Crippen LogP contribution < -0.4 is 0 Å². The van der Waals surface area contributed by atoms with E-state index in [-0.39, 0.29) is 0 Å². The van der Waals surface area contributed by atoms with E-state index in [1.165, 1.54) is 7.11 Å². The van der Waals surface area contributed by atoms with Crippen LogP contribution in [0.25, 0.3) is 0 Å². The van der Waals surface area contributed by atoms with Crippen LogP contribution in [0, 0.1) is 11.8 Å². The fraction of sp³-hybridized carbons (Fsp3) is 0.154. The van der Waals surface area contributed by atoms with Gasteiger partial charge in [-0.15, -0.1) is 0 Å². The van der Waals surface area contributed by atoms with E-state index in [0.717, 1.165) is 16.7 Å². The van der Waals surface area contributed by atoms with Crippen LogP contribution in [0.5, 0.6) is 0 Å². The van der Waals surface area contributed by atoms with Crippen molar-refractivity contribution < 1.29 is 4.84 Å². The van der Waals surface area contributed by atoms with E-state index in [9.17, 15) is 0 Å². The molecule has 1 aromatic rings. The Kier molecular flexibility index (Phi) is 4.18. The van der Waals surface area contributed by atoms with Crippen molar-refractivity contribution >= 4 is 6.21 Å². The largest absolute Gasteiger partial charge is 0.399 e. The van der Waals surface area contributed by atoms with Crippen LogP contribution in [-0.4, -0.2) is 13.3 Å². The van der Waals surface area contributed by atoms with Crippen molar-refractivity contribution in [2.45, 2.75) is 6.92 Å². The SMILES string of the molecule is C=C(C)C#Cc1ccccc1/C=N/OC. The van der Waals surface area contributed by atoms with E-state index in [2.05, 4.69) is 28.4 Å². The van der Waals surface area contributed by atoms with Crippen molar-refractivity contribution in [2.24, 2.45) is 5.16 Å². The first-order chi connectivity index (χ1) is 7.24. The molecule has 0 aliphatic rings. The van der Waals surface area contributed by atoms with E-state index in [0.29, 0.717) is 0 Å². The molecule has 15 heavy (non-hydrogen) atoms. The zero-order chi connectivity index (χ0) is 11.1. The highest BCUT2D eigenvalue weighted by atomic mass is 16.6. The molecule has 0 unspecified atom stereocenters. The summed E-state index contributed by atoms with van der Waals surface area (Å²) in [5, 5.41) is 3.71. The van der Waals surface area contributed by atoms with Gasteiger partial charge in [0.15, 0.2) is 0 Å². The van der Waals surface area contributed by atoms with Gasteiger partial charge in [0.1, 0.15) is 7.11 Å². The Morgan fingerprint density at radius 3 is 2.87 bits per heavy atom. The van der Waals surface area contributed by atoms with E-state index < -0.39 is 0 Å². The molecule has 2 nitrogen and oxygen atoms in total. The Hall–Kier alpha value is -2.01. The maximum Gasteiger partial charge on any atom is 0.106 e. The predicted molar refractivity (Wildman–Crippen MR) is 62.7 cm³/mol. The fourth-order valence-electron chi connectivity index (χ4n) is 1.01. The number of allylic oxidation sites excluding steroid dienone is 1. The Morgan fingerprint density at radius 2 is 2.20 bits per heavy atom. The molecule has 0 aliphatic heterocycles. The Labute approximate surface area is 90.3 Å². The summed E-state index contributed by atoms with van der Waals surface area (Å²) in [6.07, 6.45) is 1.64. The molecule has 0 radical (unpaired) electrons. The first-order valence-electron chi connectivity index (χ1n) is 4.57. The zero-order valence-electron chi connectivity index (χ0n) is 8.95. The van der Waals surface area contributed by atoms with Gasteiger partial charge >= 0.3 is 0 Å². The van der Waals surface area contributed by atoms with E-state index in [4.69, 9.17) is 0 Å². The average Bonchev–Trinajstić information content (AvgIpc) is 2.24. The quantitative estimate of drug-likeness (QED) is 0.407. The van der Waals surface area contributed by atoms with Crippen LogP contribution in [-0.2, 0) is 4.84 Å². The standard InChI is InChI=1S/C13H13NO/c1-11(2)8-9-12-6-4-5-7-13(12)10-14-15-3/h4-7,10H,1H2,2-3H3/b14-10+. The lowest BCUT2D eigenvalue weighted by molar-refractivity contribution is 0.215. The van der Waals surface area contributed by atoms with Crippen molar-refractivity contribution in [2.75, 3.05) is 7.11 Å². The normalized spacial score (nSPS) is 9.47. The molecular formula is C13H13NO. The van der Waals surface area contributed by atoms with Crippen molar-refractivity contribution in [1.29, 1.82) is 0 Å². The van der Waals surface area contributed by atoms with Gasteiger partial charge in [-0.2, -0.15) is 0 Å². The summed E-state index contributed by atoms with van der Waals surface area (Å²) >= 11 is 0. The number of hydrogen-bond donors (Lipinski definition) is 0. The van der Waals surface area contributed by atoms with Gasteiger partial charge < -0.3 is 4.84 Å². The second-order valence-electron chi connectivity index (χ2n) is 3.03. The minimum atomic E-state index is 0.841. The maximum atomic E-state index is 4.63. The van der Waals surface area contributed by atoms with Gasteiger partial charge in [0.05, 0.1) is 6.21 Å². The molecule has 0 saturated carbocycles. The molecule has 76 valence electrons. The Morgan fingerprint density at radius 1 is 1.47 bits per heavy atom. The smallest absolute Gasteiger partial charge is 0.106 e. The molecule has 1 rings (SSSR count). The lowest BCUT2D eigenvalue weighted by Gasteiger charge is -1.96. The monoisotopic (exact) mass is 199 g/mol. The van der Waals surface area contributed by atoms with Crippen LogP contribution in [0.2, 0.25) is 0 Å². The zero-order valence-corrected chi connectivity index (χ0v) is 8.95. The highest BCUT2D eigenvalue weighted by Crippen LogP contribution is 2.04. The molecule has 0 N–H and O–H groups in total. The van der Waals surface area contributed by atoms with Gasteiger partial charge in [0.25, 0.3) is 0 Å². The molecule has 0 heterocycles. The van der Waals surface area contributed by atoms with Crippen molar-refractivity contribution in [1.82, 2.24) is 0 Å². The summed E-state index contributed by atoms with van der Waals surface area (Å²) in [4.78, 5) is 4.63. The number of rotatable bonds is 2. The third kappa shape index (κ3) is 3.70. The fourth-order valence-corrected chi connectivity index (χ4v) is 1.01. The maximum absolute atomic E-state index is 4.63. The van der Waals surface area contributed by atoms with Crippen LogP contribution in [0.1, 0.15) is 18.1 Å². The van der Waals surface area contributed by atoms with E-state index in [1.54, 1.807) is 6.21 Å². The molecule has 2 heteroatoms. The molecule has 0 fully saturated rings. The number of nitrogens with zero attached hydrogens (tertiary/aromatic N) is 1. The molecule has 0 bridgehead atoms. The lowest BCUT2D eigenvalue weighted by atomic mass is 10.1. The predicted octanol–water partition coefficient (Wildman–Crippen LogP) is 2.59. The van der Waals surface area contributed by atoms with Gasteiger partial charge in [-0.3, -0.25) is 0 Å². The number of benzene rings is 1. The molecule has 1 aromatic carbocycles. The summed E-state index contributed by atoms with van der Waals surface area (Å²) in [5.41, 5.74) is 2.70. The van der Waals surface area contributed by atoms with E-state index >= 15 is 0 Å². The third-order valence-corrected chi connectivity index (χ3v) is 1.67. The van der Waals surface area contributed by atoms with Crippen molar-refractivity contribution in [3.8, 4) is 11.8 Å². The van der Waals surface area contributed by atoms with Gasteiger partial charge in [-0.25, -0.2) is 0 Å². The van der Waals surface area contributed by atoms with Crippen LogP contribution >= 0.6 is 0 Å². The van der Waals surface area contributed by atoms with Crippen LogP contribution in [0.3, 0.4) is 0 Å². The van der Waals surface area contributed by atoms with Gasteiger partial charge in [0, 0.05) is 11.1 Å². The Bertz CT molecular complexity index is 435. The molecule has 0 amide bonds. The molecule has 0 aliphatic carbocycles. The molecule has 0 atom stereocenters. The minimum Gasteiger partial charge on any atom is -0.399 e. The highest BCUT2D eigenvalue weighted by molar-refractivity contribution is 5.83. The minimum absolute atomic E-state index is 0.841. The molecular weight excluding hydrogens is 186 g/mol. The molecule has 0 spiro atoms. The summed E-state index contributed by atoms with van der Waals surface area (Å²) < 4.78 is 0. The lowest BCUT2D eigenvalue weighted by Crippen LogP contribution is -1.87. The second kappa shape index (κ2) is 5.66. The highest BCUT2D eigenvalue weighted by Gasteiger charge is 1.94. The van der Waals surface area contributed by atoms with Crippen molar-refractivity contribution in [3.63, 3.8) is 0 Å². The third-order valence-electron chi connectivity index (χ3n) is 1.67. The molecule has 0 saturated heterocycles. The topological polar surface area (TPSA) is 21.6 Å². The summed E-state index contributed by atoms with van der Waals surface area (Å²) in [6, 6.07) is 7.74. The average molecular weight is 199 g/mol. The Balaban J connectivity index is 3.03. The van der Waals surface area contributed by atoms with Crippen LogP contribution in [0.15, 0.2) is 41.6 Å². The van der Waals surface area contributed by atoms with Gasteiger partial charge in [0.2, 0.25) is 0 Å². The number of hydrogen-bond acceptors (Lipinski definition) is 2. The first kappa shape index (κ1) is 11.1. The summed E-state index contributed by atoms with van der Waals surface area (Å²) in [6.45, 7) is 5.60. The first-order valence-corrected chi connectivity index (χ1v) is 4.57. The van der Waals surface area contributed by atoms with Gasteiger partial charge in [-0.05, 0) is 18.6 Å².